The summed E-state index contributed by atoms with van der Waals surface area (Å²) in [6.45, 7) is 7.98. The number of aryl methyl sites for hydroxylation is 1. The number of aromatic nitrogens is 1. The molecule has 0 saturated heterocycles. The van der Waals surface area contributed by atoms with Gasteiger partial charge in [-0.2, -0.15) is 0 Å². The number of ether oxygens (including phenoxy) is 1. The Kier molecular flexibility index (Phi) is 7.78. The minimum absolute atomic E-state index is 0.221. The molecule has 0 atom stereocenters. The minimum Gasteiger partial charge on any atom is -0.492 e. The van der Waals surface area contributed by atoms with Crippen LogP contribution in [0, 0.1) is 6.92 Å². The summed E-state index contributed by atoms with van der Waals surface area (Å²) in [7, 11) is -2.16. The highest BCUT2D eigenvalue weighted by atomic mass is 32.2. The van der Waals surface area contributed by atoms with E-state index in [1.54, 1.807) is 24.3 Å². The molecule has 42 heavy (non-hydrogen) atoms. The zero-order valence-corrected chi connectivity index (χ0v) is 25.4. The molecule has 1 saturated carbocycles. The predicted molar refractivity (Wildman–Crippen MR) is 167 cm³/mol. The number of rotatable bonds is 9. The smallest absolute Gasteiger partial charge is 0.255 e. The van der Waals surface area contributed by atoms with Crippen LogP contribution in [-0.4, -0.2) is 38.7 Å². The molecule has 1 amide bonds. The van der Waals surface area contributed by atoms with Gasteiger partial charge >= 0.3 is 0 Å². The molecule has 5 rings (SSSR count). The van der Waals surface area contributed by atoms with Gasteiger partial charge in [0.1, 0.15) is 5.82 Å². The molecular formula is C30H37N7O4S. The van der Waals surface area contributed by atoms with Gasteiger partial charge in [0, 0.05) is 29.6 Å². The third-order valence-corrected chi connectivity index (χ3v) is 7.60. The molecule has 2 heterocycles. The largest absolute Gasteiger partial charge is 0.492 e. The van der Waals surface area contributed by atoms with Crippen molar-refractivity contribution >= 4 is 44.5 Å². The molecule has 3 aromatic rings. The van der Waals surface area contributed by atoms with E-state index in [0.29, 0.717) is 17.3 Å². The van der Waals surface area contributed by atoms with Crippen LogP contribution in [-0.2, 0) is 15.4 Å². The van der Waals surface area contributed by atoms with Crippen LogP contribution in [0.5, 0.6) is 5.75 Å². The lowest BCUT2D eigenvalue weighted by Crippen LogP contribution is -2.36. The van der Waals surface area contributed by atoms with E-state index in [9.17, 15) is 13.2 Å². The molecule has 0 bridgehead atoms. The van der Waals surface area contributed by atoms with Crippen LogP contribution in [0.15, 0.2) is 54.9 Å². The first-order chi connectivity index (χ1) is 19.8. The van der Waals surface area contributed by atoms with Crippen molar-refractivity contribution in [2.45, 2.75) is 52.0 Å². The summed E-state index contributed by atoms with van der Waals surface area (Å²) < 4.78 is 32.2. The van der Waals surface area contributed by atoms with Crippen molar-refractivity contribution < 1.29 is 17.9 Å². The number of methoxy groups -OCH3 is 1. The topological polar surface area (TPSA) is 137 Å². The fraction of sp³-hybridized carbons (Fsp3) is 0.333. The molecule has 0 radical (unpaired) electrons. The first-order valence-electron chi connectivity index (χ1n) is 13.7. The number of amides is 1. The number of carbonyl (C=O) groups is 1. The van der Waals surface area contributed by atoms with Crippen molar-refractivity contribution in [3.63, 3.8) is 0 Å². The third-order valence-electron chi connectivity index (χ3n) is 7.01. The Balaban J connectivity index is 1.40. The summed E-state index contributed by atoms with van der Waals surface area (Å²) in [4.78, 5) is 18.0. The summed E-state index contributed by atoms with van der Waals surface area (Å²) in [6, 6.07) is 13.4. The van der Waals surface area contributed by atoms with Crippen molar-refractivity contribution in [2.24, 2.45) is 0 Å². The SMILES string of the molecule is COc1c(NC(=O)c2ccc(C)c(N3C=C(c4ccc(NC5CC5)nc4)NN3)c2)cc(C(C)(C)C)cc1NS(C)(=O)=O. The van der Waals surface area contributed by atoms with Crippen LogP contribution in [0.25, 0.3) is 5.70 Å². The summed E-state index contributed by atoms with van der Waals surface area (Å²) in [5.74, 6) is 0.715. The predicted octanol–water partition coefficient (Wildman–Crippen LogP) is 4.72. The highest BCUT2D eigenvalue weighted by Crippen LogP contribution is 2.39. The van der Waals surface area contributed by atoms with E-state index in [2.05, 4.69) is 31.3 Å². The fourth-order valence-corrected chi connectivity index (χ4v) is 5.07. The minimum atomic E-state index is -3.59. The second-order valence-electron chi connectivity index (χ2n) is 11.7. The Morgan fingerprint density at radius 2 is 1.83 bits per heavy atom. The quantitative estimate of drug-likeness (QED) is 0.239. The lowest BCUT2D eigenvalue weighted by Gasteiger charge is -2.24. The van der Waals surface area contributed by atoms with Crippen molar-refractivity contribution in [1.82, 2.24) is 15.9 Å². The molecule has 5 N–H and O–H groups in total. The van der Waals surface area contributed by atoms with Crippen LogP contribution < -0.4 is 36.1 Å². The molecule has 11 nitrogen and oxygen atoms in total. The number of benzene rings is 2. The van der Waals surface area contributed by atoms with Crippen LogP contribution in [0.3, 0.4) is 0 Å². The van der Waals surface area contributed by atoms with Crippen LogP contribution in [0.2, 0.25) is 0 Å². The van der Waals surface area contributed by atoms with Crippen molar-refractivity contribution in [3.8, 4) is 5.75 Å². The molecule has 1 aliphatic carbocycles. The van der Waals surface area contributed by atoms with Gasteiger partial charge in [-0.3, -0.25) is 14.5 Å². The second kappa shape index (κ2) is 11.2. The molecule has 0 spiro atoms. The molecule has 0 unspecified atom stereocenters. The number of anilines is 4. The van der Waals surface area contributed by atoms with Gasteiger partial charge in [0.05, 0.1) is 36.1 Å². The van der Waals surface area contributed by atoms with E-state index >= 15 is 0 Å². The van der Waals surface area contributed by atoms with E-state index in [1.165, 1.54) is 20.0 Å². The molecule has 2 aromatic carbocycles. The maximum Gasteiger partial charge on any atom is 0.255 e. The summed E-state index contributed by atoms with van der Waals surface area (Å²) in [5, 5.41) is 8.13. The average Bonchev–Trinajstić information content (AvgIpc) is 3.59. The van der Waals surface area contributed by atoms with Gasteiger partial charge in [0.15, 0.2) is 5.75 Å². The Bertz CT molecular complexity index is 1640. The summed E-state index contributed by atoms with van der Waals surface area (Å²) in [5.41, 5.74) is 11.3. The number of hydrazine groups is 2. The van der Waals surface area contributed by atoms with Gasteiger partial charge < -0.3 is 20.8 Å². The van der Waals surface area contributed by atoms with Crippen LogP contribution in [0.4, 0.5) is 22.9 Å². The van der Waals surface area contributed by atoms with E-state index in [4.69, 9.17) is 4.74 Å². The molecule has 1 aromatic heterocycles. The van der Waals surface area contributed by atoms with Crippen molar-refractivity contribution in [2.75, 3.05) is 33.7 Å². The zero-order chi connectivity index (χ0) is 30.2. The number of hydrogen-bond acceptors (Lipinski definition) is 9. The molecule has 222 valence electrons. The monoisotopic (exact) mass is 591 g/mol. The number of nitrogens with one attached hydrogen (secondary N) is 5. The Morgan fingerprint density at radius 3 is 2.45 bits per heavy atom. The van der Waals surface area contributed by atoms with Gasteiger partial charge in [0.2, 0.25) is 10.0 Å². The number of hydrogen-bond donors (Lipinski definition) is 5. The van der Waals surface area contributed by atoms with Gasteiger partial charge in [-0.1, -0.05) is 26.8 Å². The third kappa shape index (κ3) is 6.77. The Labute approximate surface area is 246 Å². The average molecular weight is 592 g/mol. The molecule has 1 aliphatic heterocycles. The number of sulfonamides is 1. The van der Waals surface area contributed by atoms with Crippen molar-refractivity contribution in [1.29, 1.82) is 0 Å². The second-order valence-corrected chi connectivity index (χ2v) is 13.4. The highest BCUT2D eigenvalue weighted by Gasteiger charge is 2.24. The summed E-state index contributed by atoms with van der Waals surface area (Å²) >= 11 is 0. The highest BCUT2D eigenvalue weighted by molar-refractivity contribution is 7.92. The van der Waals surface area contributed by atoms with Crippen LogP contribution >= 0.6 is 0 Å². The normalized spacial score (nSPS) is 15.1. The van der Waals surface area contributed by atoms with Gasteiger partial charge in [-0.25, -0.2) is 13.4 Å². The Morgan fingerprint density at radius 1 is 1.10 bits per heavy atom. The van der Waals surface area contributed by atoms with Crippen LogP contribution in [0.1, 0.15) is 60.7 Å². The number of carbonyl (C=O) groups excluding carboxylic acids is 1. The molecule has 1 fully saturated rings. The molecular weight excluding hydrogens is 554 g/mol. The Hall–Kier alpha value is -4.29. The molecule has 2 aliphatic rings. The fourth-order valence-electron chi connectivity index (χ4n) is 4.52. The van der Waals surface area contributed by atoms with E-state index in [1.807, 2.05) is 63.3 Å². The first kappa shape index (κ1) is 29.2. The first-order valence-corrected chi connectivity index (χ1v) is 15.6. The number of nitrogens with zero attached hydrogens (tertiary/aromatic N) is 2. The van der Waals surface area contributed by atoms with E-state index < -0.39 is 10.0 Å². The maximum absolute atomic E-state index is 13.5. The van der Waals surface area contributed by atoms with Gasteiger partial charge in [0.25, 0.3) is 5.91 Å². The van der Waals surface area contributed by atoms with Gasteiger partial charge in [-0.05, 0) is 72.7 Å². The lowest BCUT2D eigenvalue weighted by atomic mass is 9.86. The maximum atomic E-state index is 13.5. The standard InChI is InChI=1S/C30H37N7O4S/c1-18-7-8-19(13-26(18)37-17-25(34-36-37)20-9-12-27(31-16-20)32-22-10-11-22)29(38)33-23-14-21(30(2,3)4)15-24(28(23)41-5)35-42(6,39)40/h7-9,12-17,22,34-36H,10-11H2,1-6H3,(H,31,32)(H,33,38). The van der Waals surface area contributed by atoms with E-state index in [0.717, 1.165) is 40.1 Å². The van der Waals surface area contributed by atoms with Gasteiger partial charge in [-0.15, -0.1) is 5.53 Å². The van der Waals surface area contributed by atoms with E-state index in [-0.39, 0.29) is 22.8 Å². The molecule has 12 heteroatoms. The lowest BCUT2D eigenvalue weighted by molar-refractivity contribution is 0.102. The zero-order valence-electron chi connectivity index (χ0n) is 24.6. The number of pyridine rings is 1. The van der Waals surface area contributed by atoms with Crippen molar-refractivity contribution in [3.05, 3.63) is 77.1 Å². The summed E-state index contributed by atoms with van der Waals surface area (Å²) in [6.07, 6.45) is 7.17.